The van der Waals surface area contributed by atoms with Crippen molar-refractivity contribution in [3.63, 3.8) is 0 Å². The first-order valence-electron chi connectivity index (χ1n) is 18.3. The summed E-state index contributed by atoms with van der Waals surface area (Å²) in [5.41, 5.74) is 3.25. The lowest BCUT2D eigenvalue weighted by atomic mass is 10.0. The van der Waals surface area contributed by atoms with Crippen LogP contribution in [0.2, 0.25) is 0 Å². The Morgan fingerprint density at radius 3 is 2.24 bits per heavy atom. The summed E-state index contributed by atoms with van der Waals surface area (Å²) in [6.45, 7) is 4.04. The number of benzene rings is 1. The first-order valence-corrected chi connectivity index (χ1v) is 19.1. The molecule has 0 bridgehead atoms. The van der Waals surface area contributed by atoms with Crippen molar-refractivity contribution in [3.05, 3.63) is 84.2 Å². The number of amides is 4. The molecule has 14 nitrogen and oxygen atoms in total. The molecule has 2 fully saturated rings. The van der Waals surface area contributed by atoms with Gasteiger partial charge in [0.15, 0.2) is 0 Å². The molecule has 0 spiro atoms. The van der Waals surface area contributed by atoms with Gasteiger partial charge in [-0.25, -0.2) is 15.0 Å². The number of carbonyl (C=O) groups is 4. The van der Waals surface area contributed by atoms with E-state index in [0.29, 0.717) is 38.1 Å². The molecule has 4 aromatic heterocycles. The van der Waals surface area contributed by atoms with E-state index in [1.807, 2.05) is 24.4 Å². The molecule has 3 aliphatic rings. The fourth-order valence-electron chi connectivity index (χ4n) is 6.79. The normalized spacial score (nSPS) is 16.9. The van der Waals surface area contributed by atoms with Gasteiger partial charge in [0.2, 0.25) is 17.7 Å². The molecular formula is C40H38N6O8S. The first-order chi connectivity index (χ1) is 26.9. The maximum absolute atomic E-state index is 13.0. The number of thiophene rings is 1. The van der Waals surface area contributed by atoms with Crippen molar-refractivity contribution in [2.45, 2.75) is 31.7 Å². The predicted octanol–water partition coefficient (Wildman–Crippen LogP) is 4.91. The van der Waals surface area contributed by atoms with Crippen LogP contribution in [0.4, 0.5) is 5.82 Å². The number of pyridine rings is 3. The average Bonchev–Trinajstić information content (AvgIpc) is 3.95. The van der Waals surface area contributed by atoms with E-state index in [1.54, 1.807) is 23.6 Å². The number of nitrogens with one attached hydrogen (secondary N) is 1. The van der Waals surface area contributed by atoms with Gasteiger partial charge in [-0.15, -0.1) is 11.3 Å². The number of ether oxygens (including phenoxy) is 4. The summed E-state index contributed by atoms with van der Waals surface area (Å²) in [5.74, 6) is -0.289. The molecule has 1 unspecified atom stereocenters. The molecule has 7 heterocycles. The molecule has 5 aromatic rings. The lowest BCUT2D eigenvalue weighted by molar-refractivity contribution is -0.136. The number of nitrogens with zero attached hydrogens (tertiary/aromatic N) is 5. The van der Waals surface area contributed by atoms with Crippen LogP contribution in [-0.2, 0) is 19.1 Å². The van der Waals surface area contributed by atoms with E-state index in [2.05, 4.69) is 44.5 Å². The largest absolute Gasteiger partial charge is 0.491 e. The second kappa shape index (κ2) is 16.3. The molecule has 0 aliphatic carbocycles. The highest BCUT2D eigenvalue weighted by atomic mass is 32.1. The lowest BCUT2D eigenvalue weighted by Crippen LogP contribution is -2.54. The summed E-state index contributed by atoms with van der Waals surface area (Å²) < 4.78 is 22.7. The molecule has 0 radical (unpaired) electrons. The topological polar surface area (TPSA) is 162 Å². The number of aromatic nitrogens is 3. The highest BCUT2D eigenvalue weighted by molar-refractivity contribution is 7.21. The molecule has 2 saturated heterocycles. The van der Waals surface area contributed by atoms with E-state index >= 15 is 0 Å². The maximum Gasteiger partial charge on any atom is 0.262 e. The Bertz CT molecular complexity index is 2220. The van der Waals surface area contributed by atoms with Gasteiger partial charge in [0.1, 0.15) is 35.7 Å². The molecule has 4 amide bonds. The summed E-state index contributed by atoms with van der Waals surface area (Å²) in [6.07, 6.45) is 6.31. The Morgan fingerprint density at radius 1 is 0.745 bits per heavy atom. The van der Waals surface area contributed by atoms with Crippen LogP contribution < -0.4 is 19.7 Å². The minimum atomic E-state index is -1.01. The average molecular weight is 763 g/mol. The molecule has 0 saturated carbocycles. The van der Waals surface area contributed by atoms with Gasteiger partial charge in [0.05, 0.1) is 43.2 Å². The Hall–Kier alpha value is -5.77. The third kappa shape index (κ3) is 8.04. The number of rotatable bonds is 15. The number of hydrogen-bond donors (Lipinski definition) is 1. The first kappa shape index (κ1) is 36.2. The van der Waals surface area contributed by atoms with Gasteiger partial charge in [-0.05, 0) is 73.9 Å². The zero-order chi connectivity index (χ0) is 37.7. The SMILES string of the molecule is O=C1CCC(N2C(=O)c3ccc(OCCOCCOCCOc4ccc(-c5cc6ccc(-c7ccc(N8CCCC8)nc7)nc6s5)cn4)cc3C2=O)C(=O)N1. The van der Waals surface area contributed by atoms with Crippen molar-refractivity contribution in [2.24, 2.45) is 0 Å². The molecule has 15 heteroatoms. The molecule has 1 N–H and O–H groups in total. The second-order valence-electron chi connectivity index (χ2n) is 13.3. The third-order valence-electron chi connectivity index (χ3n) is 9.63. The van der Waals surface area contributed by atoms with E-state index in [9.17, 15) is 19.2 Å². The van der Waals surface area contributed by atoms with Crippen LogP contribution in [0.5, 0.6) is 11.6 Å². The fraction of sp³-hybridized carbons (Fsp3) is 0.325. The fourth-order valence-corrected chi connectivity index (χ4v) is 7.81. The summed E-state index contributed by atoms with van der Waals surface area (Å²) in [5, 5.41) is 3.27. The minimum Gasteiger partial charge on any atom is -0.491 e. The van der Waals surface area contributed by atoms with E-state index in [1.165, 1.54) is 25.0 Å². The van der Waals surface area contributed by atoms with Crippen LogP contribution >= 0.6 is 11.3 Å². The van der Waals surface area contributed by atoms with Gasteiger partial charge in [0, 0.05) is 59.4 Å². The summed E-state index contributed by atoms with van der Waals surface area (Å²) in [7, 11) is 0. The van der Waals surface area contributed by atoms with Crippen LogP contribution in [0.3, 0.4) is 0 Å². The highest BCUT2D eigenvalue weighted by Crippen LogP contribution is 2.35. The van der Waals surface area contributed by atoms with Crippen molar-refractivity contribution in [1.82, 2.24) is 25.2 Å². The highest BCUT2D eigenvalue weighted by Gasteiger charge is 2.44. The maximum atomic E-state index is 13.0. The van der Waals surface area contributed by atoms with Crippen molar-refractivity contribution >= 4 is 51.0 Å². The number of carbonyl (C=O) groups excluding carboxylic acids is 4. The van der Waals surface area contributed by atoms with Gasteiger partial charge in [0.25, 0.3) is 11.8 Å². The smallest absolute Gasteiger partial charge is 0.262 e. The Balaban J connectivity index is 0.723. The van der Waals surface area contributed by atoms with Crippen LogP contribution in [-0.4, -0.2) is 102 Å². The molecule has 55 heavy (non-hydrogen) atoms. The minimum absolute atomic E-state index is 0.0618. The standard InChI is InChI=1S/C40H38N6O8S/c47-35-11-9-32(37(48)44-35)46-39(49)29-7-6-28(22-30(29)40(46)50)53-19-17-51-15-16-52-18-20-54-36-12-5-27(24-42-36)33-21-25-3-8-31(43-38(25)55-33)26-4-10-34(41-23-26)45-13-1-2-14-45/h3-8,10,12,21-24,32H,1-2,9,11,13-20H2,(H,44,47,48). The van der Waals surface area contributed by atoms with Gasteiger partial charge in [-0.2, -0.15) is 0 Å². The van der Waals surface area contributed by atoms with Crippen molar-refractivity contribution in [2.75, 3.05) is 57.6 Å². The number of anilines is 1. The Morgan fingerprint density at radius 2 is 1.49 bits per heavy atom. The van der Waals surface area contributed by atoms with Crippen molar-refractivity contribution in [1.29, 1.82) is 0 Å². The molecule has 1 atom stereocenters. The van der Waals surface area contributed by atoms with Crippen molar-refractivity contribution in [3.8, 4) is 33.3 Å². The van der Waals surface area contributed by atoms with Crippen LogP contribution in [0.25, 0.3) is 31.9 Å². The molecular weight excluding hydrogens is 725 g/mol. The number of imide groups is 2. The summed E-state index contributed by atoms with van der Waals surface area (Å²) in [6, 6.07) is 17.8. The predicted molar refractivity (Wildman–Crippen MR) is 203 cm³/mol. The third-order valence-corrected chi connectivity index (χ3v) is 10.7. The Labute approximate surface area is 320 Å². The zero-order valence-electron chi connectivity index (χ0n) is 29.9. The summed E-state index contributed by atoms with van der Waals surface area (Å²) in [4.78, 5) is 68.9. The van der Waals surface area contributed by atoms with Gasteiger partial charge < -0.3 is 23.8 Å². The molecule has 3 aliphatic heterocycles. The van der Waals surface area contributed by atoms with E-state index < -0.39 is 29.7 Å². The number of hydrogen-bond acceptors (Lipinski definition) is 13. The Kier molecular flexibility index (Phi) is 10.7. The quantitative estimate of drug-likeness (QED) is 0.114. The van der Waals surface area contributed by atoms with Crippen LogP contribution in [0.15, 0.2) is 73.1 Å². The molecule has 1 aromatic carbocycles. The van der Waals surface area contributed by atoms with E-state index in [4.69, 9.17) is 23.9 Å². The van der Waals surface area contributed by atoms with Gasteiger partial charge in [-0.3, -0.25) is 29.4 Å². The second-order valence-corrected chi connectivity index (χ2v) is 14.3. The van der Waals surface area contributed by atoms with E-state index in [-0.39, 0.29) is 37.2 Å². The lowest BCUT2D eigenvalue weighted by Gasteiger charge is -2.27. The molecule has 8 rings (SSSR count). The summed E-state index contributed by atoms with van der Waals surface area (Å²) >= 11 is 1.63. The van der Waals surface area contributed by atoms with Crippen LogP contribution in [0, 0.1) is 0 Å². The van der Waals surface area contributed by atoms with Gasteiger partial charge >= 0.3 is 0 Å². The zero-order valence-corrected chi connectivity index (χ0v) is 30.7. The van der Waals surface area contributed by atoms with E-state index in [0.717, 1.165) is 55.7 Å². The van der Waals surface area contributed by atoms with Crippen LogP contribution in [0.1, 0.15) is 46.4 Å². The number of fused-ring (bicyclic) bond motifs is 2. The monoisotopic (exact) mass is 762 g/mol. The number of piperidine rings is 1. The van der Waals surface area contributed by atoms with Crippen molar-refractivity contribution < 1.29 is 38.1 Å². The molecule has 282 valence electrons. The van der Waals surface area contributed by atoms with Gasteiger partial charge in [-0.1, -0.05) is 0 Å².